The van der Waals surface area contributed by atoms with Gasteiger partial charge >= 0.3 is 51.4 Å². The molecule has 0 bridgehead atoms. The third kappa shape index (κ3) is 7.55. The van der Waals surface area contributed by atoms with Crippen molar-refractivity contribution in [3.63, 3.8) is 0 Å². The summed E-state index contributed by atoms with van der Waals surface area (Å²) in [6, 6.07) is 23.8. The van der Waals surface area contributed by atoms with Crippen LogP contribution in [0.2, 0.25) is 0 Å². The summed E-state index contributed by atoms with van der Waals surface area (Å²) < 4.78 is 6.03. The Hall–Kier alpha value is -2.00. The first kappa shape index (κ1) is 29.0. The van der Waals surface area contributed by atoms with E-state index < -0.39 is 5.97 Å². The quantitative estimate of drug-likeness (QED) is 0.299. The maximum absolute atomic E-state index is 10.9. The molecular formula is C31H31KN2O3S. The number of aromatic carboxylic acids is 1. The van der Waals surface area contributed by atoms with E-state index in [0.29, 0.717) is 13.2 Å². The molecular weight excluding hydrogens is 520 g/mol. The minimum absolute atomic E-state index is 0. The number of hydrogen-bond donors (Lipinski definition) is 0. The smallest absolute Gasteiger partial charge is 0.545 e. The largest absolute Gasteiger partial charge is 1.00 e. The van der Waals surface area contributed by atoms with Gasteiger partial charge in [0.2, 0.25) is 0 Å². The van der Waals surface area contributed by atoms with Gasteiger partial charge in [-0.05, 0) is 65.3 Å². The van der Waals surface area contributed by atoms with E-state index in [1.54, 1.807) is 35.6 Å². The molecule has 1 aliphatic rings. The molecule has 7 heteroatoms. The molecule has 1 aliphatic carbocycles. The molecule has 0 amide bonds. The first-order chi connectivity index (χ1) is 18.0. The summed E-state index contributed by atoms with van der Waals surface area (Å²) in [6.45, 7) is 1.19. The van der Waals surface area contributed by atoms with Crippen LogP contribution in [0.25, 0.3) is 11.3 Å². The first-order valence-corrected chi connectivity index (χ1v) is 13.7. The van der Waals surface area contributed by atoms with Crippen LogP contribution in [-0.4, -0.2) is 18.0 Å². The maximum atomic E-state index is 10.9. The molecule has 0 atom stereocenters. The SMILES string of the molecule is CN(Cc1ccc(C(=O)[O-])cc1)c1nc(-c2ccc(OCc3ccc(C4CCCCC4)cc3)cc2)cs1.[K+]. The second kappa shape index (κ2) is 13.9. The number of nitrogens with zero attached hydrogens (tertiary/aromatic N) is 2. The monoisotopic (exact) mass is 550 g/mol. The van der Waals surface area contributed by atoms with Gasteiger partial charge in [-0.15, -0.1) is 11.3 Å². The number of thiazole rings is 1. The third-order valence-corrected chi connectivity index (χ3v) is 7.99. The van der Waals surface area contributed by atoms with Crippen molar-refractivity contribution in [3.8, 4) is 17.0 Å². The molecule has 0 radical (unpaired) electrons. The van der Waals surface area contributed by atoms with Crippen LogP contribution in [0.3, 0.4) is 0 Å². The zero-order valence-corrected chi connectivity index (χ0v) is 26.0. The molecule has 1 aromatic heterocycles. The summed E-state index contributed by atoms with van der Waals surface area (Å²) in [5.41, 5.74) is 5.81. The number of anilines is 1. The van der Waals surface area contributed by atoms with Crippen molar-refractivity contribution in [2.75, 3.05) is 11.9 Å². The second-order valence-electron chi connectivity index (χ2n) is 9.75. The molecule has 0 spiro atoms. The van der Waals surface area contributed by atoms with Gasteiger partial charge in [-0.3, -0.25) is 0 Å². The van der Waals surface area contributed by atoms with E-state index >= 15 is 0 Å². The summed E-state index contributed by atoms with van der Waals surface area (Å²) in [6.07, 6.45) is 6.73. The molecule has 0 N–H and O–H groups in total. The van der Waals surface area contributed by atoms with Crippen molar-refractivity contribution in [2.24, 2.45) is 0 Å². The van der Waals surface area contributed by atoms with Gasteiger partial charge in [-0.2, -0.15) is 0 Å². The van der Waals surface area contributed by atoms with Gasteiger partial charge in [-0.1, -0.05) is 67.8 Å². The molecule has 0 aliphatic heterocycles. The number of ether oxygens (including phenoxy) is 1. The van der Waals surface area contributed by atoms with E-state index in [1.165, 1.54) is 43.2 Å². The molecule has 1 heterocycles. The van der Waals surface area contributed by atoms with Gasteiger partial charge in [0.1, 0.15) is 12.4 Å². The van der Waals surface area contributed by atoms with E-state index in [9.17, 15) is 9.90 Å². The van der Waals surface area contributed by atoms with Crippen LogP contribution in [-0.2, 0) is 13.2 Å². The fourth-order valence-electron chi connectivity index (χ4n) is 4.87. The summed E-state index contributed by atoms with van der Waals surface area (Å²) in [5.74, 6) is 0.405. The molecule has 1 fully saturated rings. The third-order valence-electron chi connectivity index (χ3n) is 7.04. The number of aromatic nitrogens is 1. The van der Waals surface area contributed by atoms with Gasteiger partial charge in [-0.25, -0.2) is 4.98 Å². The topological polar surface area (TPSA) is 65.5 Å². The predicted molar refractivity (Wildman–Crippen MR) is 147 cm³/mol. The molecule has 0 saturated heterocycles. The van der Waals surface area contributed by atoms with E-state index in [2.05, 4.69) is 34.5 Å². The zero-order valence-electron chi connectivity index (χ0n) is 22.1. The van der Waals surface area contributed by atoms with Crippen molar-refractivity contribution >= 4 is 22.4 Å². The number of benzene rings is 3. The average Bonchev–Trinajstić information content (AvgIpc) is 3.44. The molecule has 3 aromatic carbocycles. The second-order valence-corrected chi connectivity index (χ2v) is 10.6. The van der Waals surface area contributed by atoms with Gasteiger partial charge in [0.05, 0.1) is 11.7 Å². The number of carbonyl (C=O) groups excluding carboxylic acids is 1. The fraction of sp³-hybridized carbons (Fsp3) is 0.290. The van der Waals surface area contributed by atoms with Gasteiger partial charge in [0.15, 0.2) is 5.13 Å². The summed E-state index contributed by atoms with van der Waals surface area (Å²) in [4.78, 5) is 17.8. The van der Waals surface area contributed by atoms with Crippen LogP contribution in [0.5, 0.6) is 5.75 Å². The van der Waals surface area contributed by atoms with Crippen molar-refractivity contribution in [2.45, 2.75) is 51.2 Å². The standard InChI is InChI=1S/C31H32N2O3S.K/c1-33(19-22-7-13-27(14-8-22)30(34)35)31-32-29(21-37-31)26-15-17-28(18-16-26)36-20-23-9-11-25(12-10-23)24-5-3-2-4-6-24;/h7-18,21,24H,2-6,19-20H2,1H3,(H,34,35);/q;+1/p-1. The molecule has 1 saturated carbocycles. The Morgan fingerprint density at radius 1 is 0.947 bits per heavy atom. The molecule has 4 aromatic rings. The van der Waals surface area contributed by atoms with Crippen molar-refractivity contribution in [1.29, 1.82) is 0 Å². The normalized spacial score (nSPS) is 13.5. The summed E-state index contributed by atoms with van der Waals surface area (Å²) in [5, 5.41) is 13.9. The Morgan fingerprint density at radius 3 is 2.26 bits per heavy atom. The van der Waals surface area contributed by atoms with Gasteiger partial charge in [0.25, 0.3) is 0 Å². The van der Waals surface area contributed by atoms with E-state index in [-0.39, 0.29) is 56.9 Å². The number of carbonyl (C=O) groups is 1. The van der Waals surface area contributed by atoms with Gasteiger partial charge < -0.3 is 19.5 Å². The number of hydrogen-bond acceptors (Lipinski definition) is 6. The number of carboxylic acids is 1. The van der Waals surface area contributed by atoms with Crippen molar-refractivity contribution in [3.05, 3.63) is 100 Å². The molecule has 38 heavy (non-hydrogen) atoms. The molecule has 0 unspecified atom stereocenters. The predicted octanol–water partition coefficient (Wildman–Crippen LogP) is 3.44. The first-order valence-electron chi connectivity index (χ1n) is 12.8. The summed E-state index contributed by atoms with van der Waals surface area (Å²) >= 11 is 1.58. The minimum Gasteiger partial charge on any atom is -0.545 e. The molecule has 5 nitrogen and oxygen atoms in total. The van der Waals surface area contributed by atoms with Gasteiger partial charge in [0, 0.05) is 24.5 Å². The Morgan fingerprint density at radius 2 is 1.61 bits per heavy atom. The Kier molecular flexibility index (Phi) is 10.6. The van der Waals surface area contributed by atoms with Crippen LogP contribution in [0.1, 0.15) is 65.1 Å². The number of rotatable bonds is 9. The van der Waals surface area contributed by atoms with E-state index in [1.807, 2.05) is 31.3 Å². The van der Waals surface area contributed by atoms with Crippen LogP contribution in [0.4, 0.5) is 5.13 Å². The van der Waals surface area contributed by atoms with Crippen LogP contribution in [0.15, 0.2) is 78.2 Å². The molecule has 5 rings (SSSR count). The van der Waals surface area contributed by atoms with Crippen molar-refractivity contribution < 1.29 is 66.0 Å². The Balaban J connectivity index is 0.00000336. The summed E-state index contributed by atoms with van der Waals surface area (Å²) in [7, 11) is 1.98. The molecule has 190 valence electrons. The van der Waals surface area contributed by atoms with Crippen LogP contribution in [0, 0.1) is 0 Å². The maximum Gasteiger partial charge on any atom is 1.00 e. The minimum atomic E-state index is -1.16. The van der Waals surface area contributed by atoms with Crippen LogP contribution < -0.4 is 66.1 Å². The van der Waals surface area contributed by atoms with Crippen molar-refractivity contribution in [1.82, 2.24) is 4.98 Å². The fourth-order valence-corrected chi connectivity index (χ4v) is 5.67. The van der Waals surface area contributed by atoms with E-state index in [0.717, 1.165) is 33.6 Å². The zero-order chi connectivity index (χ0) is 25.6. The van der Waals surface area contributed by atoms with Crippen LogP contribution >= 0.6 is 11.3 Å². The Labute approximate surface area is 271 Å². The number of carboxylic acid groups (broad SMARTS) is 1. The van der Waals surface area contributed by atoms with E-state index in [4.69, 9.17) is 9.72 Å². The Bertz CT molecular complexity index is 1310. The average molecular weight is 551 g/mol.